The highest BCUT2D eigenvalue weighted by Crippen LogP contribution is 2.50. The Morgan fingerprint density at radius 3 is 3.04 bits per heavy atom. The van der Waals surface area contributed by atoms with Crippen molar-refractivity contribution in [2.75, 3.05) is 6.54 Å². The molecule has 0 aromatic carbocycles. The maximum Gasteiger partial charge on any atom is 0.152 e. The average molecular weight is 379 g/mol. The standard InChI is InChI=1S/C23H30N4O/c24-22(27-21-15-25-12-9-19(21)16-28)10-13-26-23-11-8-18(6-7-20(23)14-23)17-4-2-1-3-5-17/h6,8-9,11-12,15-17,20,26H,1-5,7,10,13-14H2,(H2,24,27). The monoisotopic (exact) mass is 378 g/mol. The van der Waals surface area contributed by atoms with Gasteiger partial charge in [-0.15, -0.1) is 0 Å². The van der Waals surface area contributed by atoms with Gasteiger partial charge in [-0.2, -0.15) is 0 Å². The van der Waals surface area contributed by atoms with Crippen LogP contribution >= 0.6 is 0 Å². The maximum atomic E-state index is 11.1. The molecule has 5 nitrogen and oxygen atoms in total. The zero-order valence-electron chi connectivity index (χ0n) is 16.4. The number of pyridine rings is 1. The van der Waals surface area contributed by atoms with Gasteiger partial charge in [-0.1, -0.05) is 37.5 Å². The number of carbonyl (C=O) groups excluding carboxylic acids is 1. The van der Waals surface area contributed by atoms with Gasteiger partial charge >= 0.3 is 0 Å². The summed E-state index contributed by atoms with van der Waals surface area (Å²) in [6.45, 7) is 0.783. The average Bonchev–Trinajstić information content (AvgIpc) is 3.43. The fraction of sp³-hybridized carbons (Fsp3) is 0.522. The summed E-state index contributed by atoms with van der Waals surface area (Å²) in [5, 5.41) is 3.71. The van der Waals surface area contributed by atoms with Gasteiger partial charge in [0.25, 0.3) is 0 Å². The fourth-order valence-corrected chi connectivity index (χ4v) is 4.68. The van der Waals surface area contributed by atoms with E-state index in [9.17, 15) is 4.79 Å². The van der Waals surface area contributed by atoms with Crippen LogP contribution in [0.5, 0.6) is 0 Å². The molecule has 4 rings (SSSR count). The minimum atomic E-state index is 0.134. The van der Waals surface area contributed by atoms with Crippen molar-refractivity contribution in [2.45, 2.75) is 56.9 Å². The molecule has 1 heterocycles. The van der Waals surface area contributed by atoms with Crippen LogP contribution in [0.25, 0.3) is 0 Å². The number of amidine groups is 1. The Morgan fingerprint density at radius 1 is 1.36 bits per heavy atom. The largest absolute Gasteiger partial charge is 0.387 e. The number of aliphatic imine (C=N–C) groups is 1. The third-order valence-electron chi connectivity index (χ3n) is 6.50. The van der Waals surface area contributed by atoms with E-state index < -0.39 is 0 Å². The Kier molecular flexibility index (Phi) is 5.72. The van der Waals surface area contributed by atoms with Crippen LogP contribution < -0.4 is 11.1 Å². The summed E-state index contributed by atoms with van der Waals surface area (Å²) in [5.74, 6) is 1.99. The number of hydrogen-bond donors (Lipinski definition) is 2. The van der Waals surface area contributed by atoms with Crippen LogP contribution in [0.4, 0.5) is 5.69 Å². The van der Waals surface area contributed by atoms with Gasteiger partial charge in [0.2, 0.25) is 0 Å². The first-order valence-electron chi connectivity index (χ1n) is 10.6. The van der Waals surface area contributed by atoms with Crippen LogP contribution in [-0.2, 0) is 0 Å². The molecule has 148 valence electrons. The Balaban J connectivity index is 1.32. The van der Waals surface area contributed by atoms with E-state index in [1.165, 1.54) is 44.9 Å². The molecule has 0 saturated heterocycles. The van der Waals surface area contributed by atoms with Gasteiger partial charge in [0.15, 0.2) is 6.29 Å². The number of allylic oxidation sites excluding steroid dienone is 3. The summed E-state index contributed by atoms with van der Waals surface area (Å²) in [4.78, 5) is 19.5. The maximum absolute atomic E-state index is 11.1. The minimum absolute atomic E-state index is 0.134. The van der Waals surface area contributed by atoms with Gasteiger partial charge in [0, 0.05) is 30.3 Å². The molecule has 0 aliphatic heterocycles. The number of aromatic nitrogens is 1. The van der Waals surface area contributed by atoms with Crippen molar-refractivity contribution in [3.05, 3.63) is 47.8 Å². The summed E-state index contributed by atoms with van der Waals surface area (Å²) in [6, 6.07) is 1.65. The summed E-state index contributed by atoms with van der Waals surface area (Å²) in [6.07, 6.45) is 21.1. The van der Waals surface area contributed by atoms with E-state index in [0.29, 0.717) is 29.4 Å². The lowest BCUT2D eigenvalue weighted by atomic mass is 9.83. The van der Waals surface area contributed by atoms with Gasteiger partial charge in [-0.25, -0.2) is 4.99 Å². The van der Waals surface area contributed by atoms with Gasteiger partial charge in [-0.05, 0) is 49.2 Å². The normalized spacial score (nSPS) is 27.6. The van der Waals surface area contributed by atoms with Crippen molar-refractivity contribution in [3.8, 4) is 0 Å². The number of fused-ring (bicyclic) bond motifs is 1. The van der Waals surface area contributed by atoms with Crippen molar-refractivity contribution < 1.29 is 4.79 Å². The van der Waals surface area contributed by atoms with Crippen molar-refractivity contribution in [2.24, 2.45) is 22.6 Å². The van der Waals surface area contributed by atoms with Crippen LogP contribution in [0.3, 0.4) is 0 Å². The lowest BCUT2D eigenvalue weighted by Gasteiger charge is -2.23. The smallest absolute Gasteiger partial charge is 0.152 e. The quantitative estimate of drug-likeness (QED) is 0.425. The first kappa shape index (κ1) is 19.1. The summed E-state index contributed by atoms with van der Waals surface area (Å²) >= 11 is 0. The zero-order chi connectivity index (χ0) is 19.4. The fourth-order valence-electron chi connectivity index (χ4n) is 4.68. The number of nitrogens with zero attached hydrogens (tertiary/aromatic N) is 2. The van der Waals surface area contributed by atoms with E-state index >= 15 is 0 Å². The Labute approximate surface area is 167 Å². The molecule has 0 radical (unpaired) electrons. The predicted octanol–water partition coefficient (Wildman–Crippen LogP) is 4.09. The molecular formula is C23H30N4O. The minimum Gasteiger partial charge on any atom is -0.387 e. The predicted molar refractivity (Wildman–Crippen MR) is 113 cm³/mol. The molecule has 1 aromatic rings. The van der Waals surface area contributed by atoms with E-state index in [0.717, 1.165) is 18.7 Å². The van der Waals surface area contributed by atoms with Crippen molar-refractivity contribution >= 4 is 17.8 Å². The molecular weight excluding hydrogens is 348 g/mol. The van der Waals surface area contributed by atoms with Crippen LogP contribution in [0, 0.1) is 11.8 Å². The molecule has 2 saturated carbocycles. The Hall–Kier alpha value is -2.27. The summed E-state index contributed by atoms with van der Waals surface area (Å²) in [7, 11) is 0. The van der Waals surface area contributed by atoms with Crippen LogP contribution in [0.1, 0.15) is 61.7 Å². The lowest BCUT2D eigenvalue weighted by Crippen LogP contribution is -2.34. The van der Waals surface area contributed by atoms with Crippen LogP contribution in [-0.4, -0.2) is 29.2 Å². The van der Waals surface area contributed by atoms with E-state index in [1.807, 2.05) is 0 Å². The number of aldehydes is 1. The Bertz CT molecular complexity index is 807. The second-order valence-corrected chi connectivity index (χ2v) is 8.38. The third-order valence-corrected chi connectivity index (χ3v) is 6.50. The molecule has 2 unspecified atom stereocenters. The van der Waals surface area contributed by atoms with Crippen molar-refractivity contribution in [1.29, 1.82) is 0 Å². The summed E-state index contributed by atoms with van der Waals surface area (Å²) < 4.78 is 0. The molecule has 0 spiro atoms. The van der Waals surface area contributed by atoms with Gasteiger partial charge in [-0.3, -0.25) is 9.78 Å². The van der Waals surface area contributed by atoms with E-state index in [4.69, 9.17) is 5.73 Å². The van der Waals surface area contributed by atoms with E-state index in [1.54, 1.807) is 24.0 Å². The number of carbonyl (C=O) groups is 1. The highest BCUT2D eigenvalue weighted by atomic mass is 16.1. The van der Waals surface area contributed by atoms with Crippen molar-refractivity contribution in [1.82, 2.24) is 10.3 Å². The second-order valence-electron chi connectivity index (χ2n) is 8.38. The van der Waals surface area contributed by atoms with Gasteiger partial charge in [0.05, 0.1) is 11.9 Å². The molecule has 28 heavy (non-hydrogen) atoms. The molecule has 0 bridgehead atoms. The first-order chi connectivity index (χ1) is 13.7. The second kappa shape index (κ2) is 8.39. The molecule has 2 fully saturated rings. The van der Waals surface area contributed by atoms with E-state index in [2.05, 4.69) is 33.5 Å². The number of rotatable bonds is 7. The molecule has 3 aliphatic rings. The third kappa shape index (κ3) is 4.25. The number of nitrogens with two attached hydrogens (primary N) is 1. The highest BCUT2D eigenvalue weighted by molar-refractivity contribution is 5.88. The lowest BCUT2D eigenvalue weighted by molar-refractivity contribution is 0.112. The molecule has 0 amide bonds. The van der Waals surface area contributed by atoms with Crippen LogP contribution in [0.15, 0.2) is 47.3 Å². The first-order valence-corrected chi connectivity index (χ1v) is 10.6. The number of hydrogen-bond acceptors (Lipinski definition) is 4. The molecule has 3 aliphatic carbocycles. The van der Waals surface area contributed by atoms with E-state index in [-0.39, 0.29) is 5.54 Å². The van der Waals surface area contributed by atoms with Gasteiger partial charge < -0.3 is 11.1 Å². The molecule has 1 aromatic heterocycles. The molecule has 5 heteroatoms. The van der Waals surface area contributed by atoms with Crippen LogP contribution in [0.2, 0.25) is 0 Å². The SMILES string of the molecule is NC(CCNC12C=CC(C3CCCCC3)=CCC1C2)=Nc1cnccc1C=O. The molecule has 3 N–H and O–H groups in total. The Morgan fingerprint density at radius 2 is 2.21 bits per heavy atom. The molecule has 2 atom stereocenters. The number of nitrogens with one attached hydrogen (secondary N) is 1. The van der Waals surface area contributed by atoms with Crippen molar-refractivity contribution in [3.63, 3.8) is 0 Å². The summed E-state index contributed by atoms with van der Waals surface area (Å²) in [5.41, 5.74) is 8.84. The van der Waals surface area contributed by atoms with Gasteiger partial charge in [0.1, 0.15) is 5.84 Å². The zero-order valence-corrected chi connectivity index (χ0v) is 16.4. The highest BCUT2D eigenvalue weighted by Gasteiger charge is 2.51. The topological polar surface area (TPSA) is 80.4 Å².